The van der Waals surface area contributed by atoms with Gasteiger partial charge in [-0.05, 0) is 76.9 Å². The number of amides is 4. The molecule has 0 aliphatic rings. The Morgan fingerprint density at radius 3 is 2.09 bits per heavy atom. The number of nitrogens with zero attached hydrogens (tertiary/aromatic N) is 2. The molecule has 5 N–H and O–H groups in total. The zero-order valence-corrected chi connectivity index (χ0v) is 28.3. The highest BCUT2D eigenvalue weighted by molar-refractivity contribution is 7.98. The average Bonchev–Trinajstić information content (AvgIpc) is 3.22. The number of aryl methyl sites for hydroxylation is 2. The largest absolute Gasteiger partial charge is 0.426 e. The molecule has 0 aromatic carbocycles. The van der Waals surface area contributed by atoms with Crippen LogP contribution in [0.25, 0.3) is 0 Å². The first-order valence-electron chi connectivity index (χ1n) is 15.1. The molecule has 1 aromatic rings. The van der Waals surface area contributed by atoms with E-state index < -0.39 is 42.1 Å². The molecule has 246 valence electrons. The average molecular weight is 627 g/mol. The van der Waals surface area contributed by atoms with Crippen molar-refractivity contribution in [3.63, 3.8) is 0 Å². The molecule has 0 aliphatic heterocycles. The number of thioether (sulfide) groups is 1. The molecule has 1 rings (SSSR count). The molecule has 0 aliphatic carbocycles. The number of hydrogen-bond acceptors (Lipinski definition) is 8. The van der Waals surface area contributed by atoms with Crippen LogP contribution in [0, 0.1) is 31.6 Å². The van der Waals surface area contributed by atoms with Gasteiger partial charge < -0.3 is 31.1 Å². The molecule has 0 saturated carbocycles. The summed E-state index contributed by atoms with van der Waals surface area (Å²) in [6.07, 6.45) is 1.03. The van der Waals surface area contributed by atoms with Crippen LogP contribution in [0.3, 0.4) is 0 Å². The summed E-state index contributed by atoms with van der Waals surface area (Å²) in [4.78, 5) is 51.6. The molecule has 0 unspecified atom stereocenters. The number of hydrogen-bond donors (Lipinski definition) is 5. The number of aromatic nitrogens is 2. The van der Waals surface area contributed by atoms with Gasteiger partial charge in [0.25, 0.3) is 0 Å². The predicted molar refractivity (Wildman–Crippen MR) is 169 cm³/mol. The fraction of sp³-hybridized carbons (Fsp3) is 0.767. The molecule has 1 heterocycles. The highest BCUT2D eigenvalue weighted by Crippen LogP contribution is 2.17. The molecule has 0 fully saturated rings. The molecule has 0 bridgehead atoms. The molecule has 13 heteroatoms. The highest BCUT2D eigenvalue weighted by atomic mass is 32.2. The third kappa shape index (κ3) is 14.0. The van der Waals surface area contributed by atoms with Gasteiger partial charge in [0.15, 0.2) is 6.73 Å². The van der Waals surface area contributed by atoms with E-state index in [1.165, 1.54) is 0 Å². The molecular formula is C30H54N6O6S. The van der Waals surface area contributed by atoms with E-state index in [1.54, 1.807) is 23.4 Å². The number of aliphatic hydroxyl groups excluding tert-OH is 1. The van der Waals surface area contributed by atoms with Gasteiger partial charge in [0.1, 0.15) is 12.1 Å². The third-order valence-electron chi connectivity index (χ3n) is 6.88. The third-order valence-corrected chi connectivity index (χ3v) is 7.52. The maximum Gasteiger partial charge on any atom is 0.409 e. The van der Waals surface area contributed by atoms with E-state index in [0.29, 0.717) is 18.6 Å². The van der Waals surface area contributed by atoms with Crippen molar-refractivity contribution in [3.05, 3.63) is 17.5 Å². The number of carbonyl (C=O) groups excluding carboxylic acids is 4. The number of alkyl carbamates (subject to hydrolysis) is 1. The van der Waals surface area contributed by atoms with Crippen molar-refractivity contribution in [3.8, 4) is 0 Å². The predicted octanol–water partition coefficient (Wildman–Crippen LogP) is 2.89. The summed E-state index contributed by atoms with van der Waals surface area (Å²) in [5.74, 6) is -1.04. The van der Waals surface area contributed by atoms with Gasteiger partial charge in [0, 0.05) is 17.7 Å². The van der Waals surface area contributed by atoms with Crippen molar-refractivity contribution >= 4 is 35.6 Å². The summed E-state index contributed by atoms with van der Waals surface area (Å²) in [5.41, 5.74) is 1.64. The number of nitrogens with one attached hydrogen (secondary N) is 4. The van der Waals surface area contributed by atoms with Gasteiger partial charge in [-0.1, -0.05) is 34.6 Å². The Labute approximate surface area is 261 Å². The topological polar surface area (TPSA) is 164 Å². The molecular weight excluding hydrogens is 572 g/mol. The van der Waals surface area contributed by atoms with E-state index in [0.717, 1.165) is 11.4 Å². The fourth-order valence-electron chi connectivity index (χ4n) is 4.56. The standard InChI is InChI=1S/C30H54N6O6S/c1-17(2)13-24(25(37)14-20(7)27(38)34-26(18(3)4)29(40)31-19(5)6)32-28(39)23(11-12-43-10)33-30(41)42-16-36-22(9)15-21(8)35-36/h15,17-20,23-26,37H,11-14,16H2,1-10H3,(H,31,40)(H,32,39)(H,33,41)(H,34,38)/t20-,23+,24+,25+,26+/m1/s1. The van der Waals surface area contributed by atoms with Crippen LogP contribution >= 0.6 is 11.8 Å². The van der Waals surface area contributed by atoms with Crippen molar-refractivity contribution in [1.29, 1.82) is 0 Å². The second-order valence-corrected chi connectivity index (χ2v) is 13.3. The van der Waals surface area contributed by atoms with Crippen LogP contribution in [0.1, 0.15) is 79.1 Å². The first-order chi connectivity index (χ1) is 20.0. The minimum atomic E-state index is -1.03. The van der Waals surface area contributed by atoms with E-state index in [1.807, 2.05) is 67.7 Å². The molecule has 0 radical (unpaired) electrons. The summed E-state index contributed by atoms with van der Waals surface area (Å²) < 4.78 is 6.86. The summed E-state index contributed by atoms with van der Waals surface area (Å²) >= 11 is 1.54. The lowest BCUT2D eigenvalue weighted by atomic mass is 9.91. The lowest BCUT2D eigenvalue weighted by Crippen LogP contribution is -2.54. The second-order valence-electron chi connectivity index (χ2n) is 12.3. The van der Waals surface area contributed by atoms with E-state index >= 15 is 0 Å². The molecule has 12 nitrogen and oxygen atoms in total. The Bertz CT molecular complexity index is 1050. The number of rotatable bonds is 18. The second kappa shape index (κ2) is 18.8. The lowest BCUT2D eigenvalue weighted by Gasteiger charge is -2.30. The molecule has 0 saturated heterocycles. The maximum absolute atomic E-state index is 13.4. The lowest BCUT2D eigenvalue weighted by molar-refractivity contribution is -0.132. The number of ether oxygens (including phenoxy) is 1. The molecule has 0 spiro atoms. The van der Waals surface area contributed by atoms with Gasteiger partial charge in [0.05, 0.1) is 17.8 Å². The SMILES string of the molecule is CSCC[C@H](NC(=O)OCn1nc(C)cc1C)C(=O)N[C@@H](CC(C)C)[C@@H](O)C[C@@H](C)C(=O)N[C@H](C(=O)NC(C)C)C(C)C. The normalized spacial score (nSPS) is 15.0. The van der Waals surface area contributed by atoms with Gasteiger partial charge >= 0.3 is 6.09 Å². The fourth-order valence-corrected chi connectivity index (χ4v) is 5.03. The van der Waals surface area contributed by atoms with Crippen LogP contribution in [0.2, 0.25) is 0 Å². The minimum Gasteiger partial charge on any atom is -0.426 e. The van der Waals surface area contributed by atoms with Gasteiger partial charge in [-0.2, -0.15) is 16.9 Å². The van der Waals surface area contributed by atoms with Crippen LogP contribution in [-0.4, -0.2) is 81.0 Å². The zero-order valence-electron chi connectivity index (χ0n) is 27.5. The number of aliphatic hydroxyl groups is 1. The molecule has 5 atom stereocenters. The monoisotopic (exact) mass is 626 g/mol. The van der Waals surface area contributed by atoms with E-state index in [9.17, 15) is 24.3 Å². The van der Waals surface area contributed by atoms with Crippen molar-refractivity contribution < 1.29 is 29.0 Å². The molecule has 1 aromatic heterocycles. The van der Waals surface area contributed by atoms with Gasteiger partial charge in [0.2, 0.25) is 17.7 Å². The molecule has 43 heavy (non-hydrogen) atoms. The minimum absolute atomic E-state index is 0.0637. The van der Waals surface area contributed by atoms with Crippen LogP contribution in [0.15, 0.2) is 6.07 Å². The van der Waals surface area contributed by atoms with Gasteiger partial charge in [-0.25, -0.2) is 9.48 Å². The van der Waals surface area contributed by atoms with E-state index in [2.05, 4.69) is 26.4 Å². The summed E-state index contributed by atoms with van der Waals surface area (Å²) in [6.45, 7) is 16.7. The van der Waals surface area contributed by atoms with Crippen molar-refractivity contribution in [1.82, 2.24) is 31.0 Å². The van der Waals surface area contributed by atoms with Crippen LogP contribution in [-0.2, 0) is 25.9 Å². The Hall–Kier alpha value is -2.80. The Morgan fingerprint density at radius 1 is 0.930 bits per heavy atom. The van der Waals surface area contributed by atoms with E-state index in [4.69, 9.17) is 4.74 Å². The number of carbonyl (C=O) groups is 4. The summed E-state index contributed by atoms with van der Waals surface area (Å²) in [5, 5.41) is 26.7. The Morgan fingerprint density at radius 2 is 1.58 bits per heavy atom. The smallest absolute Gasteiger partial charge is 0.409 e. The Balaban J connectivity index is 2.90. The van der Waals surface area contributed by atoms with Gasteiger partial charge in [-0.15, -0.1) is 0 Å². The van der Waals surface area contributed by atoms with E-state index in [-0.39, 0.29) is 42.8 Å². The first kappa shape index (κ1) is 38.2. The van der Waals surface area contributed by atoms with Crippen LogP contribution in [0.4, 0.5) is 4.79 Å². The first-order valence-corrected chi connectivity index (χ1v) is 16.5. The quantitative estimate of drug-likeness (QED) is 0.166. The summed E-state index contributed by atoms with van der Waals surface area (Å²) in [7, 11) is 0. The van der Waals surface area contributed by atoms with Gasteiger partial charge in [-0.3, -0.25) is 14.4 Å². The highest BCUT2D eigenvalue weighted by Gasteiger charge is 2.32. The van der Waals surface area contributed by atoms with Crippen LogP contribution in [0.5, 0.6) is 0 Å². The van der Waals surface area contributed by atoms with Crippen molar-refractivity contribution in [2.75, 3.05) is 12.0 Å². The molecule has 4 amide bonds. The maximum atomic E-state index is 13.4. The summed E-state index contributed by atoms with van der Waals surface area (Å²) in [6, 6.07) is -0.435. The zero-order chi connectivity index (χ0) is 32.9. The van der Waals surface area contributed by atoms with Crippen LogP contribution < -0.4 is 21.3 Å². The van der Waals surface area contributed by atoms with Crippen molar-refractivity contribution in [2.24, 2.45) is 17.8 Å². The Kier molecular flexibility index (Phi) is 16.7. The van der Waals surface area contributed by atoms with Crippen molar-refractivity contribution in [2.45, 2.75) is 119 Å².